The number of nitrogens with zero attached hydrogens (tertiary/aromatic N) is 1. The van der Waals surface area contributed by atoms with E-state index in [0.717, 1.165) is 19.5 Å². The Morgan fingerprint density at radius 3 is 2.71 bits per heavy atom. The molecule has 0 bridgehead atoms. The molecule has 1 aliphatic rings. The highest BCUT2D eigenvalue weighted by molar-refractivity contribution is 5.77. The monoisotopic (exact) mass is 198 g/mol. The number of carbonyl (C=O) groups excluding carboxylic acids is 1. The first-order valence-corrected chi connectivity index (χ1v) is 5.40. The zero-order chi connectivity index (χ0) is 10.8. The molecular formula is C11H22N2O. The van der Waals surface area contributed by atoms with Gasteiger partial charge in [-0.3, -0.25) is 4.79 Å². The van der Waals surface area contributed by atoms with Gasteiger partial charge in [0.25, 0.3) is 0 Å². The summed E-state index contributed by atoms with van der Waals surface area (Å²) >= 11 is 0. The Kier molecular flexibility index (Phi) is 3.53. The number of hydrogen-bond donors (Lipinski definition) is 1. The van der Waals surface area contributed by atoms with E-state index in [4.69, 9.17) is 0 Å². The van der Waals surface area contributed by atoms with Crippen LogP contribution in [0.1, 0.15) is 33.6 Å². The van der Waals surface area contributed by atoms with E-state index in [2.05, 4.69) is 26.1 Å². The Hall–Kier alpha value is -0.570. The summed E-state index contributed by atoms with van der Waals surface area (Å²) < 4.78 is 0. The Labute approximate surface area is 86.9 Å². The van der Waals surface area contributed by atoms with Gasteiger partial charge in [0.1, 0.15) is 0 Å². The predicted molar refractivity (Wildman–Crippen MR) is 58.1 cm³/mol. The molecule has 1 heterocycles. The molecule has 0 saturated carbocycles. The van der Waals surface area contributed by atoms with Gasteiger partial charge < -0.3 is 10.2 Å². The summed E-state index contributed by atoms with van der Waals surface area (Å²) in [5.41, 5.74) is 0.205. The third-order valence-electron chi connectivity index (χ3n) is 3.03. The van der Waals surface area contributed by atoms with E-state index in [1.54, 1.807) is 0 Å². The molecule has 1 aliphatic heterocycles. The topological polar surface area (TPSA) is 32.3 Å². The summed E-state index contributed by atoms with van der Waals surface area (Å²) in [5, 5.41) is 3.16. The quantitative estimate of drug-likeness (QED) is 0.740. The molecule has 3 nitrogen and oxygen atoms in total. The van der Waals surface area contributed by atoms with Crippen LogP contribution in [0.15, 0.2) is 0 Å². The molecule has 1 amide bonds. The van der Waals surface area contributed by atoms with Crippen molar-refractivity contribution in [3.63, 3.8) is 0 Å². The second-order valence-corrected chi connectivity index (χ2v) is 5.12. The molecule has 3 heteroatoms. The molecule has 0 aromatic rings. The molecule has 0 aromatic carbocycles. The van der Waals surface area contributed by atoms with Crippen LogP contribution < -0.4 is 5.32 Å². The molecule has 1 saturated heterocycles. The minimum atomic E-state index is 0.205. The van der Waals surface area contributed by atoms with Crippen LogP contribution in [0.5, 0.6) is 0 Å². The minimum absolute atomic E-state index is 0.205. The van der Waals surface area contributed by atoms with Crippen molar-refractivity contribution in [2.45, 2.75) is 39.7 Å². The summed E-state index contributed by atoms with van der Waals surface area (Å²) in [4.78, 5) is 13.7. The molecule has 14 heavy (non-hydrogen) atoms. The maximum Gasteiger partial charge on any atom is 0.223 e. The van der Waals surface area contributed by atoms with E-state index in [1.807, 2.05) is 11.9 Å². The van der Waals surface area contributed by atoms with Crippen LogP contribution in [0.4, 0.5) is 0 Å². The third kappa shape index (κ3) is 2.98. The van der Waals surface area contributed by atoms with Crippen molar-refractivity contribution >= 4 is 5.91 Å². The van der Waals surface area contributed by atoms with E-state index in [9.17, 15) is 4.79 Å². The second kappa shape index (κ2) is 4.30. The first-order valence-electron chi connectivity index (χ1n) is 5.40. The number of amides is 1. The first kappa shape index (κ1) is 11.5. The highest BCUT2D eigenvalue weighted by atomic mass is 16.2. The largest absolute Gasteiger partial charge is 0.341 e. The van der Waals surface area contributed by atoms with Crippen LogP contribution in [0.3, 0.4) is 0 Å². The fourth-order valence-electron chi connectivity index (χ4n) is 1.79. The molecule has 0 aliphatic carbocycles. The maximum atomic E-state index is 11.8. The number of likely N-dealkylation sites (N-methyl/N-ethyl adjacent to an activating group) is 1. The highest BCUT2D eigenvalue weighted by Crippen LogP contribution is 2.30. The first-order chi connectivity index (χ1) is 6.44. The number of piperidine rings is 1. The molecule has 0 aromatic heterocycles. The molecule has 82 valence electrons. The number of nitrogens with one attached hydrogen (secondary N) is 1. The molecular weight excluding hydrogens is 176 g/mol. The van der Waals surface area contributed by atoms with Crippen LogP contribution in [0, 0.1) is 5.41 Å². The Morgan fingerprint density at radius 1 is 1.57 bits per heavy atom. The zero-order valence-electron chi connectivity index (χ0n) is 9.76. The average Bonchev–Trinajstić information content (AvgIpc) is 2.09. The Bertz CT molecular complexity index is 213. The number of carbonyl (C=O) groups is 1. The SMILES string of the molecule is CNC(C)CN1CCC(C)(C)CC1=O. The van der Waals surface area contributed by atoms with Gasteiger partial charge in [-0.1, -0.05) is 13.8 Å². The van der Waals surface area contributed by atoms with E-state index < -0.39 is 0 Å². The van der Waals surface area contributed by atoms with E-state index in [-0.39, 0.29) is 5.41 Å². The summed E-state index contributed by atoms with van der Waals surface area (Å²) in [6.45, 7) is 8.20. The molecule has 1 unspecified atom stereocenters. The van der Waals surface area contributed by atoms with Crippen molar-refractivity contribution in [2.24, 2.45) is 5.41 Å². The lowest BCUT2D eigenvalue weighted by molar-refractivity contribution is -0.137. The van der Waals surface area contributed by atoms with Gasteiger partial charge in [0, 0.05) is 25.6 Å². The van der Waals surface area contributed by atoms with Crippen LogP contribution in [0.25, 0.3) is 0 Å². The molecule has 1 N–H and O–H groups in total. The third-order valence-corrected chi connectivity index (χ3v) is 3.03. The molecule has 1 atom stereocenters. The van der Waals surface area contributed by atoms with Gasteiger partial charge in [0.2, 0.25) is 5.91 Å². The number of hydrogen-bond acceptors (Lipinski definition) is 2. The Morgan fingerprint density at radius 2 is 2.21 bits per heavy atom. The summed E-state index contributed by atoms with van der Waals surface area (Å²) in [6.07, 6.45) is 1.82. The normalized spacial score (nSPS) is 23.7. The standard InChI is InChI=1S/C11H22N2O/c1-9(12-4)8-13-6-5-11(2,3)7-10(13)14/h9,12H,5-8H2,1-4H3. The van der Waals surface area contributed by atoms with Crippen molar-refractivity contribution < 1.29 is 4.79 Å². The van der Waals surface area contributed by atoms with Crippen molar-refractivity contribution in [1.82, 2.24) is 10.2 Å². The zero-order valence-corrected chi connectivity index (χ0v) is 9.76. The Balaban J connectivity index is 2.46. The maximum absolute atomic E-state index is 11.8. The number of likely N-dealkylation sites (tertiary alicyclic amines) is 1. The fourth-order valence-corrected chi connectivity index (χ4v) is 1.79. The van der Waals surface area contributed by atoms with Crippen molar-refractivity contribution in [2.75, 3.05) is 20.1 Å². The lowest BCUT2D eigenvalue weighted by Gasteiger charge is -2.37. The average molecular weight is 198 g/mol. The van der Waals surface area contributed by atoms with Crippen molar-refractivity contribution in [1.29, 1.82) is 0 Å². The van der Waals surface area contributed by atoms with Crippen LogP contribution in [-0.4, -0.2) is 37.0 Å². The number of rotatable bonds is 3. The second-order valence-electron chi connectivity index (χ2n) is 5.12. The van der Waals surface area contributed by atoms with E-state index >= 15 is 0 Å². The molecule has 1 fully saturated rings. The molecule has 1 rings (SSSR count). The summed E-state index contributed by atoms with van der Waals surface area (Å²) in [6, 6.07) is 0.389. The molecule has 0 radical (unpaired) electrons. The minimum Gasteiger partial charge on any atom is -0.341 e. The van der Waals surface area contributed by atoms with Gasteiger partial charge in [-0.15, -0.1) is 0 Å². The van der Waals surface area contributed by atoms with Gasteiger partial charge >= 0.3 is 0 Å². The van der Waals surface area contributed by atoms with Gasteiger partial charge in [-0.2, -0.15) is 0 Å². The molecule has 0 spiro atoms. The summed E-state index contributed by atoms with van der Waals surface area (Å²) in [5.74, 6) is 0.309. The predicted octanol–water partition coefficient (Wildman–Crippen LogP) is 1.24. The van der Waals surface area contributed by atoms with Gasteiger partial charge in [-0.05, 0) is 25.8 Å². The fraction of sp³-hybridized carbons (Fsp3) is 0.909. The van der Waals surface area contributed by atoms with Crippen LogP contribution in [0.2, 0.25) is 0 Å². The van der Waals surface area contributed by atoms with E-state index in [0.29, 0.717) is 18.4 Å². The van der Waals surface area contributed by atoms with Gasteiger partial charge in [0.05, 0.1) is 0 Å². The summed E-state index contributed by atoms with van der Waals surface area (Å²) in [7, 11) is 1.93. The van der Waals surface area contributed by atoms with E-state index in [1.165, 1.54) is 0 Å². The van der Waals surface area contributed by atoms with Gasteiger partial charge in [0.15, 0.2) is 0 Å². The lowest BCUT2D eigenvalue weighted by Crippen LogP contribution is -2.47. The highest BCUT2D eigenvalue weighted by Gasteiger charge is 2.31. The smallest absolute Gasteiger partial charge is 0.223 e. The van der Waals surface area contributed by atoms with Crippen molar-refractivity contribution in [3.05, 3.63) is 0 Å². The van der Waals surface area contributed by atoms with Crippen LogP contribution in [-0.2, 0) is 4.79 Å². The lowest BCUT2D eigenvalue weighted by atomic mass is 9.82. The van der Waals surface area contributed by atoms with Gasteiger partial charge in [-0.25, -0.2) is 0 Å². The van der Waals surface area contributed by atoms with Crippen molar-refractivity contribution in [3.8, 4) is 0 Å². The van der Waals surface area contributed by atoms with Crippen LogP contribution >= 0.6 is 0 Å².